The monoisotopic (exact) mass is 407 g/mol. The van der Waals surface area contributed by atoms with Crippen LogP contribution in [0.3, 0.4) is 0 Å². The largest absolute Gasteiger partial charge is 0.370 e. The molecule has 0 atom stereocenters. The molecule has 1 fully saturated rings. The van der Waals surface area contributed by atoms with E-state index in [4.69, 9.17) is 19.4 Å². The minimum atomic E-state index is 0.174. The summed E-state index contributed by atoms with van der Waals surface area (Å²) >= 11 is 6.35. The zero-order chi connectivity index (χ0) is 20.2. The van der Waals surface area contributed by atoms with Gasteiger partial charge in [0.05, 0.1) is 5.69 Å². The quantitative estimate of drug-likeness (QED) is 0.422. The molecular weight excluding hydrogens is 385 g/mol. The number of carbonyl (C=O) groups excluding carboxylic acids is 1. The molecule has 6 nitrogen and oxygen atoms in total. The van der Waals surface area contributed by atoms with Gasteiger partial charge in [-0.3, -0.25) is 4.79 Å². The Bertz CT molecular complexity index is 1020. The van der Waals surface area contributed by atoms with Crippen LogP contribution < -0.4 is 16.1 Å². The summed E-state index contributed by atoms with van der Waals surface area (Å²) in [5, 5.41) is 11.4. The van der Waals surface area contributed by atoms with Gasteiger partial charge < -0.3 is 10.6 Å². The molecule has 1 aromatic carbocycles. The summed E-state index contributed by atoms with van der Waals surface area (Å²) in [6, 6.07) is 9.52. The van der Waals surface area contributed by atoms with Crippen molar-refractivity contribution in [3.05, 3.63) is 41.6 Å². The van der Waals surface area contributed by atoms with E-state index in [1.165, 1.54) is 12.8 Å². The molecule has 2 radical (unpaired) electrons. The topological polar surface area (TPSA) is 71.3 Å². The fraction of sp³-hybridized carbons (Fsp3) is 0.381. The van der Waals surface area contributed by atoms with Gasteiger partial charge >= 0.3 is 0 Å². The Balaban J connectivity index is 1.39. The van der Waals surface area contributed by atoms with Crippen LogP contribution in [-0.4, -0.2) is 41.4 Å². The van der Waals surface area contributed by atoms with E-state index in [2.05, 4.69) is 20.7 Å². The number of anilines is 1. The van der Waals surface area contributed by atoms with Gasteiger partial charge in [-0.25, -0.2) is 4.98 Å². The summed E-state index contributed by atoms with van der Waals surface area (Å²) in [5.41, 5.74) is 2.70. The molecule has 29 heavy (non-hydrogen) atoms. The zero-order valence-electron chi connectivity index (χ0n) is 16.2. The maximum atomic E-state index is 11.7. The van der Waals surface area contributed by atoms with Gasteiger partial charge in [0, 0.05) is 42.4 Å². The van der Waals surface area contributed by atoms with E-state index in [0.29, 0.717) is 35.0 Å². The van der Waals surface area contributed by atoms with Gasteiger partial charge in [0.2, 0.25) is 5.91 Å². The first-order chi connectivity index (χ1) is 14.1. The highest BCUT2D eigenvalue weighted by Crippen LogP contribution is 2.32. The fourth-order valence-electron chi connectivity index (χ4n) is 3.26. The summed E-state index contributed by atoms with van der Waals surface area (Å²) < 4.78 is 1.70. The van der Waals surface area contributed by atoms with E-state index in [0.717, 1.165) is 36.5 Å². The molecule has 0 unspecified atom stereocenters. The van der Waals surface area contributed by atoms with Crippen LogP contribution >= 0.6 is 11.6 Å². The van der Waals surface area contributed by atoms with Crippen molar-refractivity contribution < 1.29 is 4.79 Å². The molecule has 0 bridgehead atoms. The third kappa shape index (κ3) is 4.91. The number of nitrogens with zero attached hydrogens (tertiary/aromatic N) is 3. The Morgan fingerprint density at radius 2 is 2.03 bits per heavy atom. The maximum absolute atomic E-state index is 11.7. The predicted molar refractivity (Wildman–Crippen MR) is 117 cm³/mol. The maximum Gasteiger partial charge on any atom is 0.220 e. The highest BCUT2D eigenvalue weighted by atomic mass is 35.5. The molecule has 3 aromatic rings. The smallest absolute Gasteiger partial charge is 0.220 e. The standard InChI is InChI=1S/C21H23BClN5O/c22-16-13-26-28-19(24-9-3-4-10-25-20(29)11-14-7-8-14)12-18(27-21(16)28)15-5-1-2-6-17(15)23/h1-2,5-6,12-14,24H,3-4,7-11H2,(H,25,29). The number of nitrogens with one attached hydrogen (secondary N) is 2. The first-order valence-electron chi connectivity index (χ1n) is 10.0. The van der Waals surface area contributed by atoms with Gasteiger partial charge in [0.15, 0.2) is 5.65 Å². The van der Waals surface area contributed by atoms with Crippen LogP contribution in [0.2, 0.25) is 5.02 Å². The molecule has 1 aliphatic carbocycles. The Hall–Kier alpha value is -2.54. The second kappa shape index (κ2) is 8.86. The average Bonchev–Trinajstić information content (AvgIpc) is 3.45. The van der Waals surface area contributed by atoms with Crippen molar-refractivity contribution in [1.82, 2.24) is 19.9 Å². The van der Waals surface area contributed by atoms with E-state index in [9.17, 15) is 4.79 Å². The molecular formula is C21H23BClN5O. The number of benzene rings is 1. The number of fused-ring (bicyclic) bond motifs is 1. The zero-order valence-corrected chi connectivity index (χ0v) is 17.0. The van der Waals surface area contributed by atoms with Crippen LogP contribution in [0.1, 0.15) is 32.1 Å². The number of unbranched alkanes of at least 4 members (excludes halogenated alkanes) is 1. The molecule has 4 rings (SSSR count). The summed E-state index contributed by atoms with van der Waals surface area (Å²) in [4.78, 5) is 16.4. The lowest BCUT2D eigenvalue weighted by Gasteiger charge is -2.12. The minimum Gasteiger partial charge on any atom is -0.370 e. The Labute approximate surface area is 176 Å². The number of carbonyl (C=O) groups is 1. The van der Waals surface area contributed by atoms with E-state index in [1.807, 2.05) is 30.3 Å². The molecule has 148 valence electrons. The van der Waals surface area contributed by atoms with Crippen LogP contribution in [0.5, 0.6) is 0 Å². The molecule has 1 amide bonds. The van der Waals surface area contributed by atoms with Crippen LogP contribution in [0, 0.1) is 5.92 Å². The number of hydrogen-bond donors (Lipinski definition) is 2. The molecule has 1 saturated carbocycles. The van der Waals surface area contributed by atoms with E-state index in [1.54, 1.807) is 10.7 Å². The summed E-state index contributed by atoms with van der Waals surface area (Å²) in [7, 11) is 6.04. The van der Waals surface area contributed by atoms with E-state index >= 15 is 0 Å². The van der Waals surface area contributed by atoms with Gasteiger partial charge in [-0.1, -0.05) is 29.8 Å². The number of hydrogen-bond acceptors (Lipinski definition) is 4. The van der Waals surface area contributed by atoms with Crippen molar-refractivity contribution in [3.8, 4) is 11.3 Å². The molecule has 2 heterocycles. The summed E-state index contributed by atoms with van der Waals surface area (Å²) in [5.74, 6) is 1.60. The van der Waals surface area contributed by atoms with Crippen molar-refractivity contribution in [2.24, 2.45) is 5.92 Å². The number of halogens is 1. The SMILES string of the molecule is [B]c1cnn2c(NCCCCNC(=O)CC3CC3)cc(-c3ccccc3Cl)nc12. The number of amides is 1. The third-order valence-electron chi connectivity index (χ3n) is 5.05. The first-order valence-corrected chi connectivity index (χ1v) is 10.4. The number of rotatable bonds is 9. The van der Waals surface area contributed by atoms with Crippen LogP contribution in [0.15, 0.2) is 36.5 Å². The number of aromatic nitrogens is 3. The summed E-state index contributed by atoms with van der Waals surface area (Å²) in [6.45, 7) is 1.46. The Kier molecular flexibility index (Phi) is 6.04. The molecule has 8 heteroatoms. The van der Waals surface area contributed by atoms with Gasteiger partial charge in [0.25, 0.3) is 0 Å². The second-order valence-corrected chi connectivity index (χ2v) is 7.88. The normalized spacial score (nSPS) is 13.6. The van der Waals surface area contributed by atoms with Crippen LogP contribution in [-0.2, 0) is 4.79 Å². The van der Waals surface area contributed by atoms with E-state index < -0.39 is 0 Å². The highest BCUT2D eigenvalue weighted by molar-refractivity contribution is 6.36. The molecule has 2 aromatic heterocycles. The first kappa shape index (κ1) is 19.8. The van der Waals surface area contributed by atoms with Gasteiger partial charge in [-0.05, 0) is 43.1 Å². The van der Waals surface area contributed by atoms with Crippen molar-refractivity contribution >= 4 is 42.3 Å². The van der Waals surface area contributed by atoms with Crippen molar-refractivity contribution in [2.45, 2.75) is 32.1 Å². The van der Waals surface area contributed by atoms with Gasteiger partial charge in [-0.2, -0.15) is 9.61 Å². The molecule has 2 N–H and O–H groups in total. The molecule has 0 spiro atoms. The lowest BCUT2D eigenvalue weighted by Crippen LogP contribution is -2.25. The van der Waals surface area contributed by atoms with Crippen LogP contribution in [0.4, 0.5) is 5.82 Å². The molecule has 0 aliphatic heterocycles. The van der Waals surface area contributed by atoms with Crippen molar-refractivity contribution in [2.75, 3.05) is 18.4 Å². The van der Waals surface area contributed by atoms with Gasteiger partial charge in [-0.15, -0.1) is 0 Å². The second-order valence-electron chi connectivity index (χ2n) is 7.47. The lowest BCUT2D eigenvalue weighted by molar-refractivity contribution is -0.121. The van der Waals surface area contributed by atoms with Crippen molar-refractivity contribution in [3.63, 3.8) is 0 Å². The lowest BCUT2D eigenvalue weighted by atomic mass is 10.0. The Morgan fingerprint density at radius 1 is 1.24 bits per heavy atom. The molecule has 0 saturated heterocycles. The highest BCUT2D eigenvalue weighted by Gasteiger charge is 2.23. The van der Waals surface area contributed by atoms with E-state index in [-0.39, 0.29) is 5.91 Å². The van der Waals surface area contributed by atoms with Crippen LogP contribution in [0.25, 0.3) is 16.9 Å². The average molecular weight is 408 g/mol. The summed E-state index contributed by atoms with van der Waals surface area (Å²) in [6.07, 6.45) is 6.51. The fourth-order valence-corrected chi connectivity index (χ4v) is 3.50. The van der Waals surface area contributed by atoms with Gasteiger partial charge in [0.1, 0.15) is 13.7 Å². The Morgan fingerprint density at radius 3 is 2.83 bits per heavy atom. The predicted octanol–water partition coefficient (Wildman–Crippen LogP) is 2.95. The van der Waals surface area contributed by atoms with Crippen molar-refractivity contribution in [1.29, 1.82) is 0 Å². The third-order valence-corrected chi connectivity index (χ3v) is 5.38. The minimum absolute atomic E-state index is 0.174. The molecule has 1 aliphatic rings.